The standard InChI is InChI=1S/C15H11NO4/c17-14(18)12-9-5-1-2-6-10(9)15(19)20-13(12)11-7-3-4-8-16-11/h1-8,12-13H,(H,17,18)/t12-,13+/m0/s1. The van der Waals surface area contributed by atoms with Gasteiger partial charge in [0, 0.05) is 6.20 Å². The first-order valence-corrected chi connectivity index (χ1v) is 6.12. The second-order valence-electron chi connectivity index (χ2n) is 4.48. The minimum atomic E-state index is -1.04. The minimum Gasteiger partial charge on any atom is -0.481 e. The first kappa shape index (κ1) is 12.3. The van der Waals surface area contributed by atoms with Crippen LogP contribution >= 0.6 is 0 Å². The van der Waals surface area contributed by atoms with Crippen LogP contribution in [0.25, 0.3) is 0 Å². The van der Waals surface area contributed by atoms with E-state index in [4.69, 9.17) is 4.74 Å². The molecule has 0 aliphatic carbocycles. The maximum Gasteiger partial charge on any atom is 0.339 e. The molecule has 0 radical (unpaired) electrons. The smallest absolute Gasteiger partial charge is 0.339 e. The van der Waals surface area contributed by atoms with Crippen molar-refractivity contribution in [1.82, 2.24) is 4.98 Å². The Kier molecular flexibility index (Phi) is 2.95. The lowest BCUT2D eigenvalue weighted by atomic mass is 9.85. The third kappa shape index (κ3) is 1.93. The van der Waals surface area contributed by atoms with Crippen molar-refractivity contribution in [3.63, 3.8) is 0 Å². The number of carbonyl (C=O) groups excluding carboxylic acids is 1. The lowest BCUT2D eigenvalue weighted by Crippen LogP contribution is -2.31. The number of rotatable bonds is 2. The molecule has 0 amide bonds. The number of ether oxygens (including phenoxy) is 1. The van der Waals surface area contributed by atoms with Gasteiger partial charge in [-0.3, -0.25) is 9.78 Å². The summed E-state index contributed by atoms with van der Waals surface area (Å²) in [7, 11) is 0. The van der Waals surface area contributed by atoms with Gasteiger partial charge in [-0.25, -0.2) is 4.79 Å². The second-order valence-corrected chi connectivity index (χ2v) is 4.48. The Bertz CT molecular complexity index is 669. The molecular formula is C15H11NO4. The Morgan fingerprint density at radius 1 is 1.15 bits per heavy atom. The van der Waals surface area contributed by atoms with Crippen molar-refractivity contribution in [2.24, 2.45) is 0 Å². The zero-order valence-corrected chi connectivity index (χ0v) is 10.4. The number of cyclic esters (lactones) is 1. The number of benzene rings is 1. The van der Waals surface area contributed by atoms with Crippen LogP contribution in [0.2, 0.25) is 0 Å². The normalized spacial score (nSPS) is 20.9. The highest BCUT2D eigenvalue weighted by Crippen LogP contribution is 2.39. The van der Waals surface area contributed by atoms with E-state index in [1.54, 1.807) is 48.7 Å². The highest BCUT2D eigenvalue weighted by Gasteiger charge is 2.41. The maximum absolute atomic E-state index is 12.0. The molecule has 100 valence electrons. The largest absolute Gasteiger partial charge is 0.481 e. The Morgan fingerprint density at radius 2 is 1.90 bits per heavy atom. The van der Waals surface area contributed by atoms with Gasteiger partial charge in [0.15, 0.2) is 6.10 Å². The number of aromatic nitrogens is 1. The molecule has 1 aliphatic heterocycles. The van der Waals surface area contributed by atoms with Crippen LogP contribution in [0.5, 0.6) is 0 Å². The van der Waals surface area contributed by atoms with Gasteiger partial charge in [0.25, 0.3) is 0 Å². The maximum atomic E-state index is 12.0. The average Bonchev–Trinajstić information content (AvgIpc) is 2.47. The van der Waals surface area contributed by atoms with E-state index in [1.807, 2.05) is 0 Å². The van der Waals surface area contributed by atoms with Crippen LogP contribution in [-0.4, -0.2) is 22.0 Å². The summed E-state index contributed by atoms with van der Waals surface area (Å²) in [6, 6.07) is 11.7. The Balaban J connectivity index is 2.14. The molecule has 0 unspecified atom stereocenters. The summed E-state index contributed by atoms with van der Waals surface area (Å²) < 4.78 is 5.29. The van der Waals surface area contributed by atoms with Crippen molar-refractivity contribution >= 4 is 11.9 Å². The molecule has 1 aromatic carbocycles. The molecule has 0 saturated carbocycles. The van der Waals surface area contributed by atoms with Crippen LogP contribution < -0.4 is 0 Å². The van der Waals surface area contributed by atoms with Crippen LogP contribution in [0.1, 0.15) is 33.6 Å². The van der Waals surface area contributed by atoms with Gasteiger partial charge in [-0.1, -0.05) is 24.3 Å². The predicted octanol–water partition coefficient (Wildman–Crippen LogP) is 2.16. The number of esters is 1. The first-order chi connectivity index (χ1) is 9.68. The van der Waals surface area contributed by atoms with E-state index in [0.29, 0.717) is 16.8 Å². The van der Waals surface area contributed by atoms with Crippen LogP contribution in [0.15, 0.2) is 48.7 Å². The minimum absolute atomic E-state index is 0.298. The monoisotopic (exact) mass is 269 g/mol. The van der Waals surface area contributed by atoms with E-state index < -0.39 is 24.0 Å². The average molecular weight is 269 g/mol. The van der Waals surface area contributed by atoms with E-state index >= 15 is 0 Å². The molecule has 2 atom stereocenters. The van der Waals surface area contributed by atoms with E-state index in [-0.39, 0.29) is 0 Å². The molecule has 1 N–H and O–H groups in total. The zero-order valence-electron chi connectivity index (χ0n) is 10.4. The van der Waals surface area contributed by atoms with Crippen molar-refractivity contribution in [1.29, 1.82) is 0 Å². The van der Waals surface area contributed by atoms with E-state index in [9.17, 15) is 14.7 Å². The third-order valence-corrected chi connectivity index (χ3v) is 3.30. The summed E-state index contributed by atoms with van der Waals surface area (Å²) in [6.45, 7) is 0. The van der Waals surface area contributed by atoms with Gasteiger partial charge in [-0.05, 0) is 23.8 Å². The molecule has 0 spiro atoms. The molecule has 5 heteroatoms. The molecule has 0 fully saturated rings. The van der Waals surface area contributed by atoms with Crippen LogP contribution in [0, 0.1) is 0 Å². The number of carboxylic acid groups (broad SMARTS) is 1. The number of carbonyl (C=O) groups is 2. The van der Waals surface area contributed by atoms with Crippen LogP contribution in [0.4, 0.5) is 0 Å². The number of hydrogen-bond acceptors (Lipinski definition) is 4. The fraction of sp³-hybridized carbons (Fsp3) is 0.133. The molecule has 0 bridgehead atoms. The second kappa shape index (κ2) is 4.77. The van der Waals surface area contributed by atoms with Gasteiger partial charge in [0.1, 0.15) is 5.92 Å². The van der Waals surface area contributed by atoms with Crippen LogP contribution in [-0.2, 0) is 9.53 Å². The van der Waals surface area contributed by atoms with Gasteiger partial charge < -0.3 is 9.84 Å². The summed E-state index contributed by atoms with van der Waals surface area (Å²) in [5.74, 6) is -2.51. The molecule has 0 saturated heterocycles. The van der Waals surface area contributed by atoms with Crippen molar-refractivity contribution in [2.75, 3.05) is 0 Å². The van der Waals surface area contributed by atoms with Gasteiger partial charge in [-0.15, -0.1) is 0 Å². The highest BCUT2D eigenvalue weighted by atomic mass is 16.5. The van der Waals surface area contributed by atoms with Crippen molar-refractivity contribution < 1.29 is 19.4 Å². The highest BCUT2D eigenvalue weighted by molar-refractivity contribution is 5.96. The number of carboxylic acids is 1. The number of fused-ring (bicyclic) bond motifs is 1. The SMILES string of the molecule is O=C1O[C@H](c2ccccn2)[C@@H](C(=O)O)c2ccccc21. The lowest BCUT2D eigenvalue weighted by Gasteiger charge is -2.29. The van der Waals surface area contributed by atoms with Gasteiger partial charge >= 0.3 is 11.9 Å². The quantitative estimate of drug-likeness (QED) is 0.845. The molecule has 2 aromatic rings. The molecule has 3 rings (SSSR count). The Labute approximate surface area is 114 Å². The van der Waals surface area contributed by atoms with Crippen molar-refractivity contribution in [2.45, 2.75) is 12.0 Å². The summed E-state index contributed by atoms with van der Waals surface area (Å²) in [5, 5.41) is 9.48. The molecular weight excluding hydrogens is 258 g/mol. The van der Waals surface area contributed by atoms with Crippen molar-refractivity contribution in [3.8, 4) is 0 Å². The molecule has 1 aliphatic rings. The molecule has 2 heterocycles. The summed E-state index contributed by atoms with van der Waals surface area (Å²) in [5.41, 5.74) is 1.20. The molecule has 1 aromatic heterocycles. The summed E-state index contributed by atoms with van der Waals surface area (Å²) in [6.07, 6.45) is 0.638. The van der Waals surface area contributed by atoms with E-state index in [0.717, 1.165) is 0 Å². The summed E-state index contributed by atoms with van der Waals surface area (Å²) in [4.78, 5) is 27.7. The van der Waals surface area contributed by atoms with Gasteiger partial charge in [0.05, 0.1) is 11.3 Å². The van der Waals surface area contributed by atoms with E-state index in [1.165, 1.54) is 0 Å². The number of aliphatic carboxylic acids is 1. The topological polar surface area (TPSA) is 76.5 Å². The predicted molar refractivity (Wildman–Crippen MR) is 69.2 cm³/mol. The fourth-order valence-corrected chi connectivity index (χ4v) is 2.40. The number of hydrogen-bond donors (Lipinski definition) is 1. The van der Waals surface area contributed by atoms with Gasteiger partial charge in [0.2, 0.25) is 0 Å². The lowest BCUT2D eigenvalue weighted by molar-refractivity contribution is -0.142. The Hall–Kier alpha value is -2.69. The van der Waals surface area contributed by atoms with E-state index in [2.05, 4.69) is 4.98 Å². The van der Waals surface area contributed by atoms with Gasteiger partial charge in [-0.2, -0.15) is 0 Å². The summed E-state index contributed by atoms with van der Waals surface area (Å²) >= 11 is 0. The van der Waals surface area contributed by atoms with Crippen LogP contribution in [0.3, 0.4) is 0 Å². The Morgan fingerprint density at radius 3 is 2.60 bits per heavy atom. The first-order valence-electron chi connectivity index (χ1n) is 6.12. The number of nitrogens with zero attached hydrogens (tertiary/aromatic N) is 1. The number of pyridine rings is 1. The zero-order chi connectivity index (χ0) is 14.1. The molecule has 5 nitrogen and oxygen atoms in total. The van der Waals surface area contributed by atoms with Crippen molar-refractivity contribution in [3.05, 3.63) is 65.5 Å². The third-order valence-electron chi connectivity index (χ3n) is 3.30. The fourth-order valence-electron chi connectivity index (χ4n) is 2.40. The molecule has 20 heavy (non-hydrogen) atoms.